The third-order valence-electron chi connectivity index (χ3n) is 7.08. The molecule has 10 heteroatoms. The number of ether oxygens (including phenoxy) is 2. The number of hydrazone groups is 2. The second-order valence-electron chi connectivity index (χ2n) is 10.5. The van der Waals surface area contributed by atoms with Crippen LogP contribution in [-0.2, 0) is 0 Å². The van der Waals surface area contributed by atoms with Crippen LogP contribution in [0.4, 0.5) is 11.4 Å². The molecule has 4 rings (SSSR count). The Kier molecular flexibility index (Phi) is 14.3. The smallest absolute Gasteiger partial charge is 0.214 e. The zero-order chi connectivity index (χ0) is 33.8. The van der Waals surface area contributed by atoms with Gasteiger partial charge in [-0.05, 0) is 85.6 Å². The average Bonchev–Trinajstić information content (AvgIpc) is 3.15. The number of hydrogen-bond donors (Lipinski definition) is 2. The Morgan fingerprint density at radius 2 is 0.917 bits per heavy atom. The van der Waals surface area contributed by atoms with E-state index in [4.69, 9.17) is 9.47 Å². The number of nitrogens with zero attached hydrogens (tertiary/aromatic N) is 4. The summed E-state index contributed by atoms with van der Waals surface area (Å²) in [5.74, 6) is 0.857. The highest BCUT2D eigenvalue weighted by Crippen LogP contribution is 2.14. The second-order valence-corrected chi connectivity index (χ2v) is 10.5. The lowest BCUT2D eigenvalue weighted by Gasteiger charge is -2.05. The zero-order valence-corrected chi connectivity index (χ0v) is 27.2. The van der Waals surface area contributed by atoms with Gasteiger partial charge in [-0.2, -0.15) is 10.2 Å². The van der Waals surface area contributed by atoms with E-state index >= 15 is 0 Å². The first-order valence-corrected chi connectivity index (χ1v) is 15.7. The molecule has 0 bridgehead atoms. The molecule has 0 saturated heterocycles. The molecule has 246 valence electrons. The first-order chi connectivity index (χ1) is 23.6. The van der Waals surface area contributed by atoms with Crippen LogP contribution in [-0.4, -0.2) is 62.7 Å². The van der Waals surface area contributed by atoms with Crippen molar-refractivity contribution < 1.29 is 19.1 Å². The molecule has 0 unspecified atom stereocenters. The average molecular weight is 645 g/mol. The molecule has 0 aliphatic rings. The number of ketones is 2. The molecule has 0 aromatic heterocycles. The molecule has 0 fully saturated rings. The topological polar surface area (TPSA) is 126 Å². The number of hydrogen-bond acceptors (Lipinski definition) is 10. The number of nitrogens with one attached hydrogen (secondary N) is 2. The van der Waals surface area contributed by atoms with Crippen LogP contribution < -0.4 is 20.3 Å². The molecule has 4 aromatic carbocycles. The summed E-state index contributed by atoms with van der Waals surface area (Å²) in [6.07, 6.45) is 6.62. The number of benzene rings is 4. The fourth-order valence-electron chi connectivity index (χ4n) is 4.39. The van der Waals surface area contributed by atoms with Gasteiger partial charge in [0.25, 0.3) is 0 Å². The Labute approximate surface area is 281 Å². The molecule has 0 heterocycles. The first kappa shape index (κ1) is 35.0. The minimum absolute atomic E-state index is 0.210. The van der Waals surface area contributed by atoms with Crippen molar-refractivity contribution in [2.75, 3.05) is 38.2 Å². The van der Waals surface area contributed by atoms with Gasteiger partial charge in [0.15, 0.2) is 0 Å². The highest BCUT2D eigenvalue weighted by Gasteiger charge is 2.14. The van der Waals surface area contributed by atoms with Crippen molar-refractivity contribution in [3.63, 3.8) is 0 Å². The minimum atomic E-state index is -0.241. The number of carbonyl (C=O) groups excluding carboxylic acids is 2. The van der Waals surface area contributed by atoms with Gasteiger partial charge >= 0.3 is 0 Å². The molecule has 4 aromatic rings. The molecule has 0 spiro atoms. The summed E-state index contributed by atoms with van der Waals surface area (Å²) in [5.41, 5.74) is 8.83. The Morgan fingerprint density at radius 3 is 1.27 bits per heavy atom. The van der Waals surface area contributed by atoms with E-state index in [0.29, 0.717) is 35.7 Å². The van der Waals surface area contributed by atoms with Crippen molar-refractivity contribution in [2.45, 2.75) is 25.7 Å². The summed E-state index contributed by atoms with van der Waals surface area (Å²) in [7, 11) is 3.16. The van der Waals surface area contributed by atoms with E-state index in [1.165, 1.54) is 12.4 Å². The Balaban J connectivity index is 1.27. The highest BCUT2D eigenvalue weighted by molar-refractivity contribution is 6.65. The maximum absolute atomic E-state index is 13.2. The van der Waals surface area contributed by atoms with E-state index in [1.807, 2.05) is 60.7 Å². The molecule has 0 aliphatic carbocycles. The molecule has 0 atom stereocenters. The molecule has 10 nitrogen and oxygen atoms in total. The maximum atomic E-state index is 13.2. The number of anilines is 2. The number of carbonyl (C=O) groups is 2. The molecule has 48 heavy (non-hydrogen) atoms. The van der Waals surface area contributed by atoms with E-state index in [1.54, 1.807) is 62.8 Å². The second kappa shape index (κ2) is 19.6. The van der Waals surface area contributed by atoms with E-state index in [-0.39, 0.29) is 23.0 Å². The number of aliphatic imine (C=N–C) groups is 2. The lowest BCUT2D eigenvalue weighted by Crippen LogP contribution is -2.18. The molecule has 0 radical (unpaired) electrons. The van der Waals surface area contributed by atoms with Crippen molar-refractivity contribution in [2.24, 2.45) is 20.2 Å². The number of methoxy groups -OCH3 is 2. The Hall–Kier alpha value is -5.90. The summed E-state index contributed by atoms with van der Waals surface area (Å²) in [4.78, 5) is 35.3. The van der Waals surface area contributed by atoms with Gasteiger partial charge < -0.3 is 9.47 Å². The maximum Gasteiger partial charge on any atom is 0.214 e. The van der Waals surface area contributed by atoms with E-state index in [0.717, 1.165) is 37.1 Å². The monoisotopic (exact) mass is 644 g/mol. The van der Waals surface area contributed by atoms with Crippen LogP contribution in [0.25, 0.3) is 0 Å². The summed E-state index contributed by atoms with van der Waals surface area (Å²) < 4.78 is 10.4. The Morgan fingerprint density at radius 1 is 0.542 bits per heavy atom. The summed E-state index contributed by atoms with van der Waals surface area (Å²) in [6, 6.07) is 32.6. The summed E-state index contributed by atoms with van der Waals surface area (Å²) in [5, 5.41) is 8.68. The predicted molar refractivity (Wildman–Crippen MR) is 195 cm³/mol. The van der Waals surface area contributed by atoms with Gasteiger partial charge in [0.2, 0.25) is 11.6 Å². The van der Waals surface area contributed by atoms with Crippen LogP contribution in [0.15, 0.2) is 129 Å². The van der Waals surface area contributed by atoms with Gasteiger partial charge in [0, 0.05) is 24.2 Å². The summed E-state index contributed by atoms with van der Waals surface area (Å²) >= 11 is 0. The van der Waals surface area contributed by atoms with Gasteiger partial charge in [0.05, 0.1) is 38.0 Å². The van der Waals surface area contributed by atoms with Crippen molar-refractivity contribution in [1.82, 2.24) is 0 Å². The van der Waals surface area contributed by atoms with Gasteiger partial charge in [-0.3, -0.25) is 30.4 Å². The summed E-state index contributed by atoms with van der Waals surface area (Å²) in [6.45, 7) is 1.11. The Bertz CT molecular complexity index is 1570. The number of unbranched alkanes of at least 4 members (excludes halogenated alkanes) is 3. The van der Waals surface area contributed by atoms with Gasteiger partial charge in [-0.15, -0.1) is 0 Å². The van der Waals surface area contributed by atoms with Crippen LogP contribution in [0.3, 0.4) is 0 Å². The normalized spacial score (nSPS) is 11.9. The number of rotatable bonds is 19. The molecule has 0 aliphatic heterocycles. The SMILES string of the molecule is COc1ccc(C(=O)/C(C=NCCCCCCN=C/C(=N\Nc2ccccc2)C(=O)c2ccc(OC)cc2)=N/Nc2ccccc2)cc1. The standard InChI is InChI=1S/C38H40N6O4/c1-47-33-21-17-29(18-22-33)37(45)35(43-41-31-13-7-5-8-14-31)27-39-25-11-3-4-12-26-40-28-36(44-42-32-15-9-6-10-16-32)38(46)30-19-23-34(48-2)24-20-30/h5-10,13-24,27-28,41-42H,3-4,11-12,25-26H2,1-2H3/b39-27?,40-28?,43-35+,44-36+. The largest absolute Gasteiger partial charge is 0.497 e. The predicted octanol–water partition coefficient (Wildman–Crippen LogP) is 7.41. The van der Waals surface area contributed by atoms with E-state index < -0.39 is 0 Å². The fraction of sp³-hybridized carbons (Fsp3) is 0.211. The molecular weight excluding hydrogens is 604 g/mol. The van der Waals surface area contributed by atoms with E-state index in [9.17, 15) is 9.59 Å². The number of Topliss-reactive ketones (excluding diaryl/α,β-unsaturated/α-hetero) is 2. The molecule has 2 N–H and O–H groups in total. The quantitative estimate of drug-likeness (QED) is 0.0474. The molecular formula is C38H40N6O4. The van der Waals surface area contributed by atoms with Gasteiger partial charge in [-0.25, -0.2) is 0 Å². The van der Waals surface area contributed by atoms with E-state index in [2.05, 4.69) is 31.0 Å². The highest BCUT2D eigenvalue weighted by atomic mass is 16.5. The number of para-hydroxylation sites is 2. The third kappa shape index (κ3) is 11.5. The fourth-order valence-corrected chi connectivity index (χ4v) is 4.39. The van der Waals surface area contributed by atoms with Crippen molar-refractivity contribution in [3.05, 3.63) is 120 Å². The van der Waals surface area contributed by atoms with Crippen molar-refractivity contribution in [1.29, 1.82) is 0 Å². The molecule has 0 saturated carbocycles. The lowest BCUT2D eigenvalue weighted by atomic mass is 10.1. The van der Waals surface area contributed by atoms with Gasteiger partial charge in [-0.1, -0.05) is 49.2 Å². The van der Waals surface area contributed by atoms with Gasteiger partial charge in [0.1, 0.15) is 22.9 Å². The van der Waals surface area contributed by atoms with Crippen molar-refractivity contribution >= 4 is 46.8 Å². The van der Waals surface area contributed by atoms with Crippen LogP contribution in [0, 0.1) is 0 Å². The zero-order valence-electron chi connectivity index (χ0n) is 27.2. The third-order valence-corrected chi connectivity index (χ3v) is 7.08. The van der Waals surface area contributed by atoms with Crippen LogP contribution in [0.5, 0.6) is 11.5 Å². The van der Waals surface area contributed by atoms with Crippen LogP contribution in [0.1, 0.15) is 46.4 Å². The molecule has 0 amide bonds. The lowest BCUT2D eigenvalue weighted by molar-refractivity contribution is 0.106. The van der Waals surface area contributed by atoms with Crippen LogP contribution in [0.2, 0.25) is 0 Å². The van der Waals surface area contributed by atoms with Crippen LogP contribution >= 0.6 is 0 Å². The van der Waals surface area contributed by atoms with Crippen molar-refractivity contribution in [3.8, 4) is 11.5 Å². The first-order valence-electron chi connectivity index (χ1n) is 15.7. The minimum Gasteiger partial charge on any atom is -0.497 e.